The Morgan fingerprint density at radius 1 is 1.06 bits per heavy atom. The molecule has 7 nitrogen and oxygen atoms in total. The molecule has 3 N–H and O–H groups in total. The number of aromatic amines is 1. The van der Waals surface area contributed by atoms with Crippen LogP contribution in [0.25, 0.3) is 22.5 Å². The number of nitrogens with zero attached hydrogens (tertiary/aromatic N) is 3. The van der Waals surface area contributed by atoms with E-state index in [1.165, 1.54) is 60.9 Å². The number of aliphatic hydroxyl groups is 1. The van der Waals surface area contributed by atoms with Gasteiger partial charge >= 0.3 is 0 Å². The predicted octanol–water partition coefficient (Wildman–Crippen LogP) is 3.78. The number of aromatic nitrogens is 4. The average Bonchev–Trinajstić information content (AvgIpc) is 3.34. The van der Waals surface area contributed by atoms with E-state index < -0.39 is 42.5 Å². The Balaban J connectivity index is 1.66. The number of hydrogen-bond donors (Lipinski definition) is 3. The first-order valence-corrected chi connectivity index (χ1v) is 10.4. The van der Waals surface area contributed by atoms with Crippen LogP contribution in [0.1, 0.15) is 16.2 Å². The topological polar surface area (TPSA) is 104 Å². The number of H-pyrrole nitrogens is 1. The Morgan fingerprint density at radius 2 is 1.77 bits per heavy atom. The third kappa shape index (κ3) is 5.35. The lowest BCUT2D eigenvalue weighted by atomic mass is 10.0. The van der Waals surface area contributed by atoms with E-state index >= 15 is 0 Å². The number of halogens is 4. The van der Waals surface area contributed by atoms with Gasteiger partial charge in [-0.1, -0.05) is 6.07 Å². The monoisotopic (exact) mass is 485 g/mol. The van der Waals surface area contributed by atoms with Crippen LogP contribution in [0.4, 0.5) is 17.6 Å². The summed E-state index contributed by atoms with van der Waals surface area (Å²) in [5.74, 6) is -5.91. The van der Waals surface area contributed by atoms with Crippen LogP contribution in [-0.2, 0) is 6.42 Å². The number of carbonyl (C=O) groups excluding carboxylic acids is 1. The molecule has 1 amide bonds. The van der Waals surface area contributed by atoms with Gasteiger partial charge in [0.25, 0.3) is 11.8 Å². The van der Waals surface area contributed by atoms with Gasteiger partial charge in [-0.15, -0.1) is 0 Å². The fraction of sp³-hybridized carbons (Fsp3) is 0.167. The Bertz CT molecular complexity index is 1310. The lowest BCUT2D eigenvalue weighted by Gasteiger charge is -2.26. The molecule has 0 aliphatic carbocycles. The first kappa shape index (κ1) is 24.0. The van der Waals surface area contributed by atoms with E-state index in [1.807, 2.05) is 0 Å². The summed E-state index contributed by atoms with van der Waals surface area (Å²) in [5.41, 5.74) is 0.592. The van der Waals surface area contributed by atoms with Crippen LogP contribution in [0.15, 0.2) is 67.0 Å². The molecule has 0 spiro atoms. The van der Waals surface area contributed by atoms with Crippen LogP contribution >= 0.6 is 0 Å². The second kappa shape index (κ2) is 10.0. The zero-order valence-corrected chi connectivity index (χ0v) is 18.1. The van der Waals surface area contributed by atoms with Gasteiger partial charge in [0.15, 0.2) is 0 Å². The molecule has 0 unspecified atom stereocenters. The molecule has 180 valence electrons. The summed E-state index contributed by atoms with van der Waals surface area (Å²) < 4.78 is 57.0. The highest BCUT2D eigenvalue weighted by Crippen LogP contribution is 2.30. The van der Waals surface area contributed by atoms with E-state index in [1.54, 1.807) is 0 Å². The summed E-state index contributed by atoms with van der Waals surface area (Å²) in [4.78, 5) is 20.8. The highest BCUT2D eigenvalue weighted by atomic mass is 19.3. The van der Waals surface area contributed by atoms with Gasteiger partial charge in [-0.25, -0.2) is 27.5 Å². The van der Waals surface area contributed by atoms with E-state index in [0.29, 0.717) is 11.3 Å². The highest BCUT2D eigenvalue weighted by Gasteiger charge is 2.41. The maximum atomic E-state index is 14.9. The van der Waals surface area contributed by atoms with Gasteiger partial charge in [-0.05, 0) is 54.1 Å². The summed E-state index contributed by atoms with van der Waals surface area (Å²) in [7, 11) is 0. The third-order valence-corrected chi connectivity index (χ3v) is 5.28. The van der Waals surface area contributed by atoms with Crippen LogP contribution in [0.2, 0.25) is 0 Å². The minimum atomic E-state index is -3.70. The maximum Gasteiger partial charge on any atom is 0.290 e. The standard InChI is InChI=1S/C24H19F4N5O2/c25-15-7-5-14(6-8-15)18-11-19(33-32-18)22-16(3-1-4-17(22)26)23(35)31-20(24(27,28)13-34)12-21-29-9-2-10-30-21/h1-11,20,34H,12-13H2,(H,31,35)(H,32,33)/t20-/m1/s1. The molecular formula is C24H19F4N5O2. The number of amides is 1. The molecule has 0 saturated heterocycles. The molecule has 0 radical (unpaired) electrons. The number of benzene rings is 2. The average molecular weight is 485 g/mol. The fourth-order valence-corrected chi connectivity index (χ4v) is 3.47. The zero-order valence-electron chi connectivity index (χ0n) is 18.1. The molecule has 0 bridgehead atoms. The largest absolute Gasteiger partial charge is 0.390 e. The quantitative estimate of drug-likeness (QED) is 0.330. The SMILES string of the molecule is O=C(N[C@H](Cc1ncccn1)C(F)(F)CO)c1cccc(F)c1-c1cc(-c2ccc(F)cc2)[nH]n1. The van der Waals surface area contributed by atoms with Crippen LogP contribution in [0.3, 0.4) is 0 Å². The summed E-state index contributed by atoms with van der Waals surface area (Å²) in [6.07, 6.45) is 2.25. The van der Waals surface area contributed by atoms with Crippen molar-refractivity contribution in [3.05, 3.63) is 90.0 Å². The van der Waals surface area contributed by atoms with E-state index in [-0.39, 0.29) is 22.6 Å². The molecule has 35 heavy (non-hydrogen) atoms. The van der Waals surface area contributed by atoms with Crippen LogP contribution < -0.4 is 5.32 Å². The second-order valence-corrected chi connectivity index (χ2v) is 7.65. The van der Waals surface area contributed by atoms with Crippen molar-refractivity contribution in [1.29, 1.82) is 0 Å². The smallest absolute Gasteiger partial charge is 0.290 e. The number of aliphatic hydroxyl groups excluding tert-OH is 1. The Labute approximate surface area is 196 Å². The number of rotatable bonds is 8. The first-order chi connectivity index (χ1) is 16.8. The van der Waals surface area contributed by atoms with Gasteiger partial charge < -0.3 is 10.4 Å². The summed E-state index contributed by atoms with van der Waals surface area (Å²) in [6.45, 7) is -1.53. The molecule has 2 heterocycles. The third-order valence-electron chi connectivity index (χ3n) is 5.28. The Hall–Kier alpha value is -4.12. The zero-order chi connectivity index (χ0) is 25.0. The second-order valence-electron chi connectivity index (χ2n) is 7.65. The predicted molar refractivity (Wildman–Crippen MR) is 118 cm³/mol. The molecule has 0 aliphatic rings. The normalized spacial score (nSPS) is 12.4. The van der Waals surface area contributed by atoms with Crippen molar-refractivity contribution in [2.45, 2.75) is 18.4 Å². The van der Waals surface area contributed by atoms with Crippen LogP contribution in [0, 0.1) is 11.6 Å². The minimum absolute atomic E-state index is 0.0293. The summed E-state index contributed by atoms with van der Waals surface area (Å²) >= 11 is 0. The lowest BCUT2D eigenvalue weighted by molar-refractivity contribution is -0.0773. The van der Waals surface area contributed by atoms with Gasteiger partial charge in [0.2, 0.25) is 0 Å². The van der Waals surface area contributed by atoms with Gasteiger partial charge in [0, 0.05) is 18.8 Å². The van der Waals surface area contributed by atoms with Crippen molar-refractivity contribution in [2.75, 3.05) is 6.61 Å². The number of carbonyl (C=O) groups is 1. The molecule has 4 aromatic rings. The van der Waals surface area contributed by atoms with Crippen molar-refractivity contribution < 1.29 is 27.5 Å². The van der Waals surface area contributed by atoms with E-state index in [2.05, 4.69) is 25.5 Å². The molecule has 4 rings (SSSR count). The van der Waals surface area contributed by atoms with Crippen molar-refractivity contribution in [3.8, 4) is 22.5 Å². The number of hydrogen-bond acceptors (Lipinski definition) is 5. The number of alkyl halides is 2. The van der Waals surface area contributed by atoms with Crippen molar-refractivity contribution >= 4 is 5.91 Å². The lowest BCUT2D eigenvalue weighted by Crippen LogP contribution is -2.51. The molecule has 1 atom stereocenters. The van der Waals surface area contributed by atoms with E-state index in [0.717, 1.165) is 6.07 Å². The van der Waals surface area contributed by atoms with Crippen molar-refractivity contribution in [1.82, 2.24) is 25.5 Å². The molecule has 2 aromatic heterocycles. The van der Waals surface area contributed by atoms with Gasteiger partial charge in [0.1, 0.15) is 30.1 Å². The molecule has 11 heteroatoms. The van der Waals surface area contributed by atoms with Crippen molar-refractivity contribution in [3.63, 3.8) is 0 Å². The molecule has 0 saturated carbocycles. The fourth-order valence-electron chi connectivity index (χ4n) is 3.47. The minimum Gasteiger partial charge on any atom is -0.390 e. The van der Waals surface area contributed by atoms with Crippen LogP contribution in [0.5, 0.6) is 0 Å². The summed E-state index contributed by atoms with van der Waals surface area (Å²) in [6, 6.07) is 10.2. The van der Waals surface area contributed by atoms with Gasteiger partial charge in [-0.2, -0.15) is 5.10 Å². The molecular weight excluding hydrogens is 466 g/mol. The van der Waals surface area contributed by atoms with E-state index in [4.69, 9.17) is 0 Å². The van der Waals surface area contributed by atoms with Crippen LogP contribution in [-0.4, -0.2) is 49.8 Å². The van der Waals surface area contributed by atoms with Gasteiger partial charge in [0.05, 0.1) is 22.5 Å². The van der Waals surface area contributed by atoms with E-state index in [9.17, 15) is 27.5 Å². The first-order valence-electron chi connectivity index (χ1n) is 10.4. The molecule has 2 aromatic carbocycles. The summed E-state index contributed by atoms with van der Waals surface area (Å²) in [5, 5.41) is 18.1. The molecule has 0 aliphatic heterocycles. The Morgan fingerprint density at radius 3 is 2.46 bits per heavy atom. The highest BCUT2D eigenvalue weighted by molar-refractivity contribution is 6.01. The van der Waals surface area contributed by atoms with Crippen molar-refractivity contribution in [2.24, 2.45) is 0 Å². The molecule has 0 fully saturated rings. The maximum absolute atomic E-state index is 14.9. The Kier molecular flexibility index (Phi) is 6.87. The van der Waals surface area contributed by atoms with Gasteiger partial charge in [-0.3, -0.25) is 9.89 Å². The number of nitrogens with one attached hydrogen (secondary N) is 2.